The van der Waals surface area contributed by atoms with E-state index in [0.29, 0.717) is 23.9 Å². The molecule has 3 N–H and O–H groups in total. The van der Waals surface area contributed by atoms with Gasteiger partial charge >= 0.3 is 0 Å². The maximum Gasteiger partial charge on any atom is 0.261 e. The summed E-state index contributed by atoms with van der Waals surface area (Å²) in [6.07, 6.45) is 3.00. The Bertz CT molecular complexity index is 1000. The van der Waals surface area contributed by atoms with Crippen molar-refractivity contribution in [2.75, 3.05) is 12.8 Å². The Kier molecular flexibility index (Phi) is 5.66. The first-order chi connectivity index (χ1) is 12.7. The molecule has 9 heteroatoms. The van der Waals surface area contributed by atoms with E-state index in [-0.39, 0.29) is 22.9 Å². The third kappa shape index (κ3) is 4.37. The van der Waals surface area contributed by atoms with Crippen molar-refractivity contribution in [2.24, 2.45) is 0 Å². The highest BCUT2D eigenvalue weighted by atomic mass is 32.2. The number of nitrogens with one attached hydrogen (secondary N) is 1. The van der Waals surface area contributed by atoms with Crippen LogP contribution >= 0.6 is 0 Å². The van der Waals surface area contributed by atoms with E-state index in [1.54, 1.807) is 6.92 Å². The van der Waals surface area contributed by atoms with Crippen LogP contribution in [0, 0.1) is 6.92 Å². The molecular formula is C18H25N3O5S. The molecule has 0 unspecified atom stereocenters. The Morgan fingerprint density at radius 2 is 2.15 bits per heavy atom. The average Bonchev–Trinajstić information content (AvgIpc) is 2.59. The highest BCUT2D eigenvalue weighted by Gasteiger charge is 2.25. The maximum absolute atomic E-state index is 12.8. The second-order valence-electron chi connectivity index (χ2n) is 7.27. The van der Waals surface area contributed by atoms with Gasteiger partial charge in [-0.2, -0.15) is 0 Å². The Labute approximate surface area is 157 Å². The molecule has 1 aliphatic heterocycles. The number of nitrogens with zero attached hydrogens (tertiary/aromatic N) is 2. The standard InChI is InChI=1S/C18H25N3O5S/c1-11-6-13(27(2,25)26)8-14-17(11)20-10-21(18(14)24)9-12(22)7-15-16(23)4-3-5-19-15/h6,8,10,12,15-16,19,22-23H,3-5,7,9H2,1-2H3/t12-,15+,16-/m0/s1. The summed E-state index contributed by atoms with van der Waals surface area (Å²) in [6.45, 7) is 2.52. The van der Waals surface area contributed by atoms with Gasteiger partial charge < -0.3 is 15.5 Å². The first-order valence-electron chi connectivity index (χ1n) is 8.96. The Balaban J connectivity index is 1.89. The molecule has 2 heterocycles. The van der Waals surface area contributed by atoms with E-state index in [9.17, 15) is 23.4 Å². The van der Waals surface area contributed by atoms with Crippen molar-refractivity contribution in [3.8, 4) is 0 Å². The fraction of sp³-hybridized carbons (Fsp3) is 0.556. The van der Waals surface area contributed by atoms with Gasteiger partial charge in [0.05, 0.1) is 40.9 Å². The third-order valence-corrected chi connectivity index (χ3v) is 6.09. The molecule has 2 aromatic rings. The molecule has 1 fully saturated rings. The van der Waals surface area contributed by atoms with E-state index in [1.807, 2.05) is 0 Å². The number of aliphatic hydroxyl groups excluding tert-OH is 2. The van der Waals surface area contributed by atoms with Crippen molar-refractivity contribution < 1.29 is 18.6 Å². The van der Waals surface area contributed by atoms with E-state index in [4.69, 9.17) is 0 Å². The van der Waals surface area contributed by atoms with Crippen LogP contribution in [-0.2, 0) is 16.4 Å². The summed E-state index contributed by atoms with van der Waals surface area (Å²) < 4.78 is 25.0. The zero-order valence-corrected chi connectivity index (χ0v) is 16.2. The number of hydrogen-bond donors (Lipinski definition) is 3. The number of piperidine rings is 1. The summed E-state index contributed by atoms with van der Waals surface area (Å²) in [7, 11) is -3.46. The summed E-state index contributed by atoms with van der Waals surface area (Å²) in [5, 5.41) is 23.8. The van der Waals surface area contributed by atoms with E-state index >= 15 is 0 Å². The number of aromatic nitrogens is 2. The first kappa shape index (κ1) is 19.9. The topological polar surface area (TPSA) is 122 Å². The zero-order valence-electron chi connectivity index (χ0n) is 15.4. The van der Waals surface area contributed by atoms with Crippen LogP contribution in [0.2, 0.25) is 0 Å². The van der Waals surface area contributed by atoms with Crippen molar-refractivity contribution in [1.82, 2.24) is 14.9 Å². The summed E-state index contributed by atoms with van der Waals surface area (Å²) >= 11 is 0. The fourth-order valence-electron chi connectivity index (χ4n) is 3.53. The Morgan fingerprint density at radius 3 is 2.81 bits per heavy atom. The molecule has 1 aromatic carbocycles. The summed E-state index contributed by atoms with van der Waals surface area (Å²) in [6, 6.07) is 2.62. The molecule has 0 spiro atoms. The highest BCUT2D eigenvalue weighted by molar-refractivity contribution is 7.90. The molecule has 0 radical (unpaired) electrons. The predicted molar refractivity (Wildman–Crippen MR) is 102 cm³/mol. The largest absolute Gasteiger partial charge is 0.392 e. The molecular weight excluding hydrogens is 370 g/mol. The van der Waals surface area contributed by atoms with Crippen LogP contribution in [0.4, 0.5) is 0 Å². The van der Waals surface area contributed by atoms with Gasteiger partial charge in [-0.15, -0.1) is 0 Å². The summed E-state index contributed by atoms with van der Waals surface area (Å²) in [4.78, 5) is 17.1. The molecule has 8 nitrogen and oxygen atoms in total. The lowest BCUT2D eigenvalue weighted by molar-refractivity contribution is 0.0539. The van der Waals surface area contributed by atoms with Gasteiger partial charge in [0.25, 0.3) is 5.56 Å². The monoisotopic (exact) mass is 395 g/mol. The average molecular weight is 395 g/mol. The van der Waals surface area contributed by atoms with Crippen LogP contribution in [-0.4, -0.2) is 59.2 Å². The van der Waals surface area contributed by atoms with Gasteiger partial charge in [-0.05, 0) is 50.4 Å². The number of hydrogen-bond acceptors (Lipinski definition) is 7. The zero-order chi connectivity index (χ0) is 19.8. The van der Waals surface area contributed by atoms with E-state index in [2.05, 4.69) is 10.3 Å². The smallest absolute Gasteiger partial charge is 0.261 e. The third-order valence-electron chi connectivity index (χ3n) is 5.00. The van der Waals surface area contributed by atoms with Gasteiger partial charge in [0.2, 0.25) is 0 Å². The molecule has 3 atom stereocenters. The van der Waals surface area contributed by atoms with Crippen molar-refractivity contribution in [1.29, 1.82) is 0 Å². The van der Waals surface area contributed by atoms with Gasteiger partial charge in [-0.3, -0.25) is 9.36 Å². The fourth-order valence-corrected chi connectivity index (χ4v) is 4.25. The number of benzene rings is 1. The lowest BCUT2D eigenvalue weighted by atomic mass is 9.96. The van der Waals surface area contributed by atoms with E-state index in [1.165, 1.54) is 23.0 Å². The van der Waals surface area contributed by atoms with Gasteiger partial charge in [0, 0.05) is 12.3 Å². The van der Waals surface area contributed by atoms with Crippen LogP contribution in [0.15, 0.2) is 28.2 Å². The second-order valence-corrected chi connectivity index (χ2v) is 9.29. The van der Waals surface area contributed by atoms with Crippen LogP contribution in [0.5, 0.6) is 0 Å². The number of rotatable bonds is 5. The number of aryl methyl sites for hydroxylation is 1. The first-order valence-corrected chi connectivity index (χ1v) is 10.9. The van der Waals surface area contributed by atoms with Crippen LogP contribution in [0.3, 0.4) is 0 Å². The van der Waals surface area contributed by atoms with E-state index in [0.717, 1.165) is 19.2 Å². The van der Waals surface area contributed by atoms with Crippen molar-refractivity contribution in [3.05, 3.63) is 34.4 Å². The Morgan fingerprint density at radius 1 is 1.41 bits per heavy atom. The molecule has 1 saturated heterocycles. The van der Waals surface area contributed by atoms with Crippen LogP contribution < -0.4 is 10.9 Å². The van der Waals surface area contributed by atoms with Gasteiger partial charge in [-0.25, -0.2) is 13.4 Å². The highest BCUT2D eigenvalue weighted by Crippen LogP contribution is 2.19. The predicted octanol–water partition coefficient (Wildman–Crippen LogP) is -0.0277. The SMILES string of the molecule is Cc1cc(S(C)(=O)=O)cc2c(=O)n(C[C@@H](O)C[C@H]3NCCC[C@@H]3O)cnc12. The number of sulfone groups is 1. The molecule has 148 valence electrons. The van der Waals surface area contributed by atoms with Crippen LogP contribution in [0.1, 0.15) is 24.8 Å². The van der Waals surface area contributed by atoms with Gasteiger partial charge in [0.15, 0.2) is 9.84 Å². The lowest BCUT2D eigenvalue weighted by Gasteiger charge is -2.30. The quantitative estimate of drug-likeness (QED) is 0.650. The number of fused-ring (bicyclic) bond motifs is 1. The number of aliphatic hydroxyl groups is 2. The summed E-state index contributed by atoms with van der Waals surface area (Å²) in [5.74, 6) is 0. The second kappa shape index (κ2) is 7.67. The molecule has 0 saturated carbocycles. The van der Waals surface area contributed by atoms with Crippen molar-refractivity contribution in [2.45, 2.75) is 55.9 Å². The molecule has 3 rings (SSSR count). The maximum atomic E-state index is 12.8. The van der Waals surface area contributed by atoms with Crippen LogP contribution in [0.25, 0.3) is 10.9 Å². The normalized spacial score (nSPS) is 22.1. The minimum Gasteiger partial charge on any atom is -0.392 e. The molecule has 1 aromatic heterocycles. The van der Waals surface area contributed by atoms with Crippen molar-refractivity contribution in [3.63, 3.8) is 0 Å². The van der Waals surface area contributed by atoms with Crippen molar-refractivity contribution >= 4 is 20.7 Å². The molecule has 27 heavy (non-hydrogen) atoms. The minimum absolute atomic E-state index is 0.0226. The summed E-state index contributed by atoms with van der Waals surface area (Å²) in [5.41, 5.74) is 0.652. The molecule has 0 aliphatic carbocycles. The lowest BCUT2D eigenvalue weighted by Crippen LogP contribution is -2.47. The minimum atomic E-state index is -3.46. The Hall–Kier alpha value is -1.81. The van der Waals surface area contributed by atoms with Gasteiger partial charge in [-0.1, -0.05) is 0 Å². The molecule has 1 aliphatic rings. The van der Waals surface area contributed by atoms with E-state index < -0.39 is 27.6 Å². The van der Waals surface area contributed by atoms with Gasteiger partial charge in [0.1, 0.15) is 0 Å². The molecule has 0 bridgehead atoms. The molecule has 0 amide bonds.